The van der Waals surface area contributed by atoms with E-state index in [0.717, 1.165) is 12.1 Å². The van der Waals surface area contributed by atoms with Gasteiger partial charge >= 0.3 is 0 Å². The zero-order chi connectivity index (χ0) is 9.35. The van der Waals surface area contributed by atoms with Gasteiger partial charge in [-0.05, 0) is 13.3 Å². The Morgan fingerprint density at radius 2 is 2.25 bits per heavy atom. The van der Waals surface area contributed by atoms with Crippen LogP contribution < -0.4 is 5.73 Å². The fraction of sp³-hybridized carbons (Fsp3) is 0.750. The molecule has 0 spiro atoms. The smallest absolute Gasteiger partial charge is 0.255 e. The van der Waals surface area contributed by atoms with E-state index in [1.54, 1.807) is 14.0 Å². The van der Waals surface area contributed by atoms with Crippen LogP contribution in [0.4, 0.5) is 0 Å². The van der Waals surface area contributed by atoms with Gasteiger partial charge < -0.3 is 0 Å². The van der Waals surface area contributed by atoms with Crippen molar-refractivity contribution in [2.24, 2.45) is 10.5 Å². The molecule has 0 aromatic heterocycles. The summed E-state index contributed by atoms with van der Waals surface area (Å²) in [6.07, 6.45) is 0.742. The molecule has 1 amide bonds. The fourth-order valence-corrected chi connectivity index (χ4v) is 1.46. The SMILES string of the molecule is CCC1=NN(C)C(=O)C1(C)C[NH]. The average molecular weight is 168 g/mol. The number of carbonyl (C=O) groups is 1. The van der Waals surface area contributed by atoms with E-state index >= 15 is 0 Å². The van der Waals surface area contributed by atoms with Gasteiger partial charge in [0.1, 0.15) is 5.41 Å². The summed E-state index contributed by atoms with van der Waals surface area (Å²) in [5.74, 6) is -0.0608. The quantitative estimate of drug-likeness (QED) is 0.592. The van der Waals surface area contributed by atoms with Crippen molar-refractivity contribution in [3.63, 3.8) is 0 Å². The highest BCUT2D eigenvalue weighted by atomic mass is 16.2. The summed E-state index contributed by atoms with van der Waals surface area (Å²) in [4.78, 5) is 11.5. The van der Waals surface area contributed by atoms with Crippen LogP contribution in [0.1, 0.15) is 20.3 Å². The second-order valence-corrected chi connectivity index (χ2v) is 3.24. The molecule has 1 radical (unpaired) electrons. The number of amides is 1. The molecule has 4 heteroatoms. The Bertz CT molecular complexity index is 236. The average Bonchev–Trinajstić information content (AvgIpc) is 2.30. The minimum Gasteiger partial charge on any atom is -0.272 e. The van der Waals surface area contributed by atoms with Crippen molar-refractivity contribution < 1.29 is 4.79 Å². The van der Waals surface area contributed by atoms with Crippen molar-refractivity contribution in [2.75, 3.05) is 13.6 Å². The molecular weight excluding hydrogens is 154 g/mol. The third-order valence-corrected chi connectivity index (χ3v) is 2.36. The second-order valence-electron chi connectivity index (χ2n) is 3.24. The molecule has 0 fully saturated rings. The van der Waals surface area contributed by atoms with Crippen LogP contribution in [0.5, 0.6) is 0 Å². The number of rotatable bonds is 2. The Morgan fingerprint density at radius 1 is 1.67 bits per heavy atom. The van der Waals surface area contributed by atoms with Gasteiger partial charge in [-0.15, -0.1) is 0 Å². The molecule has 1 N–H and O–H groups in total. The first-order chi connectivity index (χ1) is 5.56. The number of hydrogen-bond acceptors (Lipinski definition) is 2. The van der Waals surface area contributed by atoms with Gasteiger partial charge in [0.05, 0.1) is 5.71 Å². The van der Waals surface area contributed by atoms with E-state index in [-0.39, 0.29) is 12.5 Å². The summed E-state index contributed by atoms with van der Waals surface area (Å²) in [5.41, 5.74) is 7.48. The van der Waals surface area contributed by atoms with E-state index in [9.17, 15) is 4.79 Å². The topological polar surface area (TPSA) is 56.5 Å². The van der Waals surface area contributed by atoms with E-state index in [1.807, 2.05) is 6.92 Å². The Kier molecular flexibility index (Phi) is 2.19. The molecule has 0 aromatic rings. The van der Waals surface area contributed by atoms with Gasteiger partial charge in [-0.3, -0.25) is 10.5 Å². The highest BCUT2D eigenvalue weighted by Crippen LogP contribution is 2.28. The van der Waals surface area contributed by atoms with E-state index in [0.29, 0.717) is 0 Å². The predicted octanol–water partition coefficient (Wildman–Crippen LogP) is 0.514. The highest BCUT2D eigenvalue weighted by Gasteiger charge is 2.43. The Labute approximate surface area is 72.4 Å². The lowest BCUT2D eigenvalue weighted by molar-refractivity contribution is -0.133. The third kappa shape index (κ3) is 1.03. The number of hydrogen-bond donors (Lipinski definition) is 0. The number of nitrogens with zero attached hydrogens (tertiary/aromatic N) is 2. The molecule has 1 unspecified atom stereocenters. The summed E-state index contributed by atoms with van der Waals surface area (Å²) in [5, 5.41) is 5.43. The number of nitrogens with one attached hydrogen (secondary N) is 1. The van der Waals surface area contributed by atoms with Crippen LogP contribution in [-0.2, 0) is 4.79 Å². The van der Waals surface area contributed by atoms with Crippen LogP contribution in [0, 0.1) is 5.41 Å². The number of carbonyl (C=O) groups excluding carboxylic acids is 1. The van der Waals surface area contributed by atoms with E-state index in [4.69, 9.17) is 5.73 Å². The lowest BCUT2D eigenvalue weighted by atomic mass is 9.84. The zero-order valence-electron chi connectivity index (χ0n) is 7.72. The van der Waals surface area contributed by atoms with Gasteiger partial charge in [0, 0.05) is 13.6 Å². The van der Waals surface area contributed by atoms with Crippen LogP contribution >= 0.6 is 0 Å². The molecule has 0 aliphatic carbocycles. The highest BCUT2D eigenvalue weighted by molar-refractivity contribution is 6.11. The zero-order valence-corrected chi connectivity index (χ0v) is 7.72. The second kappa shape index (κ2) is 2.86. The molecule has 0 bridgehead atoms. The summed E-state index contributed by atoms with van der Waals surface area (Å²) < 4.78 is 0. The van der Waals surface area contributed by atoms with E-state index < -0.39 is 5.41 Å². The maximum Gasteiger partial charge on any atom is 0.255 e. The first-order valence-electron chi connectivity index (χ1n) is 4.07. The molecule has 1 aliphatic heterocycles. The van der Waals surface area contributed by atoms with Crippen molar-refractivity contribution in [3.05, 3.63) is 0 Å². The molecular formula is C8H14N3O. The molecule has 1 rings (SSSR count). The van der Waals surface area contributed by atoms with Crippen LogP contribution in [0.25, 0.3) is 0 Å². The summed E-state index contributed by atoms with van der Waals surface area (Å²) >= 11 is 0. The maximum absolute atomic E-state index is 11.5. The van der Waals surface area contributed by atoms with E-state index in [1.165, 1.54) is 5.01 Å². The minimum atomic E-state index is -0.663. The molecule has 0 saturated carbocycles. The van der Waals surface area contributed by atoms with Gasteiger partial charge in [-0.1, -0.05) is 6.92 Å². The monoisotopic (exact) mass is 168 g/mol. The molecule has 0 saturated heterocycles. The van der Waals surface area contributed by atoms with Crippen molar-refractivity contribution in [1.29, 1.82) is 0 Å². The molecule has 12 heavy (non-hydrogen) atoms. The Hall–Kier alpha value is -0.900. The summed E-state index contributed by atoms with van der Waals surface area (Å²) in [7, 11) is 1.64. The van der Waals surface area contributed by atoms with Gasteiger partial charge in [0.25, 0.3) is 5.91 Å². The van der Waals surface area contributed by atoms with E-state index in [2.05, 4.69) is 5.10 Å². The standard InChI is InChI=1S/C8H14N3O/c1-4-6-8(2,5-9)7(12)11(3)10-6/h9H,4-5H2,1-3H3. The van der Waals surface area contributed by atoms with Gasteiger partial charge in [0.15, 0.2) is 0 Å². The largest absolute Gasteiger partial charge is 0.272 e. The van der Waals surface area contributed by atoms with Crippen LogP contribution in [-0.4, -0.2) is 30.2 Å². The van der Waals surface area contributed by atoms with Crippen molar-refractivity contribution in [1.82, 2.24) is 10.7 Å². The minimum absolute atomic E-state index is 0.0608. The number of hydrazone groups is 1. The summed E-state index contributed by atoms with van der Waals surface area (Å²) in [6, 6.07) is 0. The first-order valence-corrected chi connectivity index (χ1v) is 4.07. The fourth-order valence-electron chi connectivity index (χ4n) is 1.46. The van der Waals surface area contributed by atoms with Crippen molar-refractivity contribution in [2.45, 2.75) is 20.3 Å². The van der Waals surface area contributed by atoms with Crippen molar-refractivity contribution >= 4 is 11.6 Å². The molecule has 1 atom stereocenters. The molecule has 1 aliphatic rings. The lowest BCUT2D eigenvalue weighted by Gasteiger charge is -2.20. The summed E-state index contributed by atoms with van der Waals surface area (Å²) in [6.45, 7) is 3.83. The molecule has 1 heterocycles. The van der Waals surface area contributed by atoms with Crippen LogP contribution in [0.2, 0.25) is 0 Å². The Morgan fingerprint density at radius 3 is 2.58 bits per heavy atom. The van der Waals surface area contributed by atoms with Gasteiger partial charge in [-0.2, -0.15) is 5.10 Å². The molecule has 0 aromatic carbocycles. The van der Waals surface area contributed by atoms with Crippen LogP contribution in [0.3, 0.4) is 0 Å². The normalized spacial score (nSPS) is 29.5. The predicted molar refractivity (Wildman–Crippen MR) is 46.6 cm³/mol. The Balaban J connectivity index is 3.00. The van der Waals surface area contributed by atoms with Gasteiger partial charge in [-0.25, -0.2) is 5.01 Å². The third-order valence-electron chi connectivity index (χ3n) is 2.36. The molecule has 4 nitrogen and oxygen atoms in total. The van der Waals surface area contributed by atoms with Crippen LogP contribution in [0.15, 0.2) is 5.10 Å². The maximum atomic E-state index is 11.5. The molecule has 67 valence electrons. The van der Waals surface area contributed by atoms with Gasteiger partial charge in [0.2, 0.25) is 0 Å². The van der Waals surface area contributed by atoms with Crippen molar-refractivity contribution in [3.8, 4) is 0 Å². The lowest BCUT2D eigenvalue weighted by Crippen LogP contribution is -2.39. The first kappa shape index (κ1) is 9.19.